The van der Waals surface area contributed by atoms with Crippen LogP contribution in [0.3, 0.4) is 0 Å². The van der Waals surface area contributed by atoms with Crippen LogP contribution < -0.4 is 5.32 Å². The van der Waals surface area contributed by atoms with Gasteiger partial charge in [-0.2, -0.15) is 9.64 Å². The third-order valence-electron chi connectivity index (χ3n) is 1.82. The van der Waals surface area contributed by atoms with Crippen molar-refractivity contribution in [3.05, 3.63) is 11.3 Å². The van der Waals surface area contributed by atoms with Gasteiger partial charge < -0.3 is 10.4 Å². The number of aryl methyl sites for hydroxylation is 1. The monoisotopic (exact) mass is 211 g/mol. The Morgan fingerprint density at radius 3 is 3.00 bits per heavy atom. The number of aliphatic hydroxyl groups excluding tert-OH is 1. The second kappa shape index (κ2) is 4.94. The van der Waals surface area contributed by atoms with Gasteiger partial charge >= 0.3 is 0 Å². The van der Waals surface area contributed by atoms with E-state index in [1.54, 1.807) is 6.92 Å². The third-order valence-corrected chi connectivity index (χ3v) is 2.72. The van der Waals surface area contributed by atoms with Gasteiger partial charge in [-0.25, -0.2) is 0 Å². The minimum Gasteiger partial charge on any atom is -0.393 e. The lowest BCUT2D eigenvalue weighted by molar-refractivity contribution is 0.189. The summed E-state index contributed by atoms with van der Waals surface area (Å²) in [6.07, 6.45) is 0.351. The molecule has 0 radical (unpaired) electrons. The fraction of sp³-hybridized carbons (Fsp3) is 0.556. The Hall–Kier alpha value is -1.12. The zero-order valence-corrected chi connectivity index (χ0v) is 9.06. The first-order valence-corrected chi connectivity index (χ1v) is 5.20. The number of nitriles is 1. The fourth-order valence-electron chi connectivity index (χ4n) is 1.02. The summed E-state index contributed by atoms with van der Waals surface area (Å²) in [5, 5.41) is 21.8. The molecule has 1 aromatic rings. The van der Waals surface area contributed by atoms with E-state index in [-0.39, 0.29) is 6.10 Å². The second-order valence-corrected chi connectivity index (χ2v) is 3.92. The molecule has 5 heteroatoms. The van der Waals surface area contributed by atoms with Crippen LogP contribution in [-0.4, -0.2) is 22.1 Å². The average molecular weight is 211 g/mol. The van der Waals surface area contributed by atoms with Gasteiger partial charge in [0.05, 0.1) is 11.8 Å². The summed E-state index contributed by atoms with van der Waals surface area (Å²) in [6, 6.07) is 2.10. The number of nitrogens with one attached hydrogen (secondary N) is 1. The van der Waals surface area contributed by atoms with Crippen LogP contribution in [0, 0.1) is 18.3 Å². The quantitative estimate of drug-likeness (QED) is 0.792. The third kappa shape index (κ3) is 2.69. The maximum absolute atomic E-state index is 9.04. The van der Waals surface area contributed by atoms with Gasteiger partial charge in [0.1, 0.15) is 16.6 Å². The topological polar surface area (TPSA) is 68.9 Å². The molecule has 0 bridgehead atoms. The SMILES string of the molecule is Cc1nsc(NCC[C@@H](C)O)c1C#N. The van der Waals surface area contributed by atoms with E-state index < -0.39 is 0 Å². The number of rotatable bonds is 4. The molecule has 0 amide bonds. The Bertz CT molecular complexity index is 340. The molecule has 0 aliphatic carbocycles. The van der Waals surface area contributed by atoms with Crippen molar-refractivity contribution in [3.63, 3.8) is 0 Å². The molecule has 2 N–H and O–H groups in total. The molecule has 0 aromatic carbocycles. The van der Waals surface area contributed by atoms with Crippen LogP contribution in [-0.2, 0) is 0 Å². The molecular weight excluding hydrogens is 198 g/mol. The molecule has 0 unspecified atom stereocenters. The normalized spacial score (nSPS) is 12.1. The zero-order valence-electron chi connectivity index (χ0n) is 8.24. The van der Waals surface area contributed by atoms with Crippen LogP contribution >= 0.6 is 11.5 Å². The summed E-state index contributed by atoms with van der Waals surface area (Å²) >= 11 is 1.29. The molecule has 76 valence electrons. The Morgan fingerprint density at radius 2 is 2.43 bits per heavy atom. The Labute approximate surface area is 87.4 Å². The van der Waals surface area contributed by atoms with Gasteiger partial charge in [-0.15, -0.1) is 0 Å². The Balaban J connectivity index is 2.55. The number of anilines is 1. The van der Waals surface area contributed by atoms with Gasteiger partial charge in [0.15, 0.2) is 0 Å². The van der Waals surface area contributed by atoms with Gasteiger partial charge in [0, 0.05) is 6.54 Å². The van der Waals surface area contributed by atoms with Gasteiger partial charge in [-0.1, -0.05) is 0 Å². The molecule has 0 aliphatic rings. The van der Waals surface area contributed by atoms with Crippen molar-refractivity contribution in [3.8, 4) is 6.07 Å². The molecule has 14 heavy (non-hydrogen) atoms. The van der Waals surface area contributed by atoms with E-state index in [1.165, 1.54) is 11.5 Å². The highest BCUT2D eigenvalue weighted by atomic mass is 32.1. The van der Waals surface area contributed by atoms with Crippen molar-refractivity contribution in [1.82, 2.24) is 4.37 Å². The second-order valence-electron chi connectivity index (χ2n) is 3.15. The number of hydrogen-bond donors (Lipinski definition) is 2. The van der Waals surface area contributed by atoms with Gasteiger partial charge in [0.2, 0.25) is 0 Å². The van der Waals surface area contributed by atoms with Crippen LogP contribution in [0.5, 0.6) is 0 Å². The number of hydrogen-bond acceptors (Lipinski definition) is 5. The highest BCUT2D eigenvalue weighted by Crippen LogP contribution is 2.23. The number of nitrogens with zero attached hydrogens (tertiary/aromatic N) is 2. The summed E-state index contributed by atoms with van der Waals surface area (Å²) < 4.78 is 4.08. The number of aliphatic hydroxyl groups is 1. The highest BCUT2D eigenvalue weighted by Gasteiger charge is 2.09. The average Bonchev–Trinajstić information content (AvgIpc) is 2.46. The lowest BCUT2D eigenvalue weighted by atomic mass is 10.2. The number of aromatic nitrogens is 1. The molecule has 1 heterocycles. The van der Waals surface area contributed by atoms with Crippen molar-refractivity contribution in [1.29, 1.82) is 5.26 Å². The molecular formula is C9H13N3OS. The van der Waals surface area contributed by atoms with Crippen molar-refractivity contribution >= 4 is 16.5 Å². The van der Waals surface area contributed by atoms with E-state index in [0.29, 0.717) is 18.5 Å². The molecule has 0 fully saturated rings. The van der Waals surface area contributed by atoms with Gasteiger partial charge in [-0.05, 0) is 31.8 Å². The van der Waals surface area contributed by atoms with Gasteiger partial charge in [0.25, 0.3) is 0 Å². The summed E-state index contributed by atoms with van der Waals surface area (Å²) in [4.78, 5) is 0. The molecule has 1 rings (SSSR count). The lowest BCUT2D eigenvalue weighted by Crippen LogP contribution is -2.09. The predicted octanol–water partition coefficient (Wildman–Crippen LogP) is 1.51. The van der Waals surface area contributed by atoms with Crippen LogP contribution in [0.2, 0.25) is 0 Å². The van der Waals surface area contributed by atoms with Crippen molar-refractivity contribution < 1.29 is 5.11 Å². The van der Waals surface area contributed by atoms with E-state index in [4.69, 9.17) is 10.4 Å². The summed E-state index contributed by atoms with van der Waals surface area (Å²) in [5.74, 6) is 0. The van der Waals surface area contributed by atoms with E-state index in [9.17, 15) is 0 Å². The summed E-state index contributed by atoms with van der Waals surface area (Å²) in [7, 11) is 0. The van der Waals surface area contributed by atoms with E-state index >= 15 is 0 Å². The highest BCUT2D eigenvalue weighted by molar-refractivity contribution is 7.10. The first-order chi connectivity index (χ1) is 6.65. The molecule has 1 atom stereocenters. The largest absolute Gasteiger partial charge is 0.393 e. The lowest BCUT2D eigenvalue weighted by Gasteiger charge is -2.05. The van der Waals surface area contributed by atoms with E-state index in [1.807, 2.05) is 6.92 Å². The Kier molecular flexibility index (Phi) is 3.86. The zero-order chi connectivity index (χ0) is 10.6. The maximum Gasteiger partial charge on any atom is 0.127 e. The van der Waals surface area contributed by atoms with Crippen LogP contribution in [0.15, 0.2) is 0 Å². The van der Waals surface area contributed by atoms with Crippen LogP contribution in [0.4, 0.5) is 5.00 Å². The predicted molar refractivity (Wildman–Crippen MR) is 56.4 cm³/mol. The Morgan fingerprint density at radius 1 is 1.71 bits per heavy atom. The first kappa shape index (κ1) is 11.0. The minimum absolute atomic E-state index is 0.318. The van der Waals surface area contributed by atoms with Crippen LogP contribution in [0.1, 0.15) is 24.6 Å². The fourth-order valence-corrected chi connectivity index (χ4v) is 1.79. The molecule has 1 aromatic heterocycles. The van der Waals surface area contributed by atoms with Crippen molar-refractivity contribution in [2.45, 2.75) is 26.4 Å². The van der Waals surface area contributed by atoms with E-state index in [2.05, 4.69) is 15.8 Å². The van der Waals surface area contributed by atoms with Crippen molar-refractivity contribution in [2.24, 2.45) is 0 Å². The standard InChI is InChI=1S/C9H13N3OS/c1-6(13)3-4-11-9-8(5-10)7(2)12-14-9/h6,11,13H,3-4H2,1-2H3/t6-/m1/s1. The first-order valence-electron chi connectivity index (χ1n) is 4.43. The summed E-state index contributed by atoms with van der Waals surface area (Å²) in [6.45, 7) is 4.22. The van der Waals surface area contributed by atoms with Crippen molar-refractivity contribution in [2.75, 3.05) is 11.9 Å². The molecule has 0 aliphatic heterocycles. The molecule has 0 saturated carbocycles. The van der Waals surface area contributed by atoms with E-state index in [0.717, 1.165) is 10.7 Å². The molecule has 0 saturated heterocycles. The molecule has 4 nitrogen and oxygen atoms in total. The van der Waals surface area contributed by atoms with Crippen LogP contribution in [0.25, 0.3) is 0 Å². The molecule has 0 spiro atoms. The van der Waals surface area contributed by atoms with Gasteiger partial charge in [-0.3, -0.25) is 0 Å². The smallest absolute Gasteiger partial charge is 0.127 e. The maximum atomic E-state index is 9.04. The minimum atomic E-state index is -0.318. The summed E-state index contributed by atoms with van der Waals surface area (Å²) in [5.41, 5.74) is 1.37.